The molecule has 1 saturated carbocycles. The van der Waals surface area contributed by atoms with E-state index in [1.807, 2.05) is 48.5 Å². The summed E-state index contributed by atoms with van der Waals surface area (Å²) in [4.78, 5) is 18.0. The average molecular weight is 281 g/mol. The maximum absolute atomic E-state index is 12.2. The van der Waals surface area contributed by atoms with Crippen LogP contribution < -0.4 is 5.48 Å². The van der Waals surface area contributed by atoms with Gasteiger partial charge in [-0.15, -0.1) is 0 Å². The highest BCUT2D eigenvalue weighted by Gasteiger charge is 2.34. The van der Waals surface area contributed by atoms with Gasteiger partial charge in [0.1, 0.15) is 0 Å². The highest BCUT2D eigenvalue weighted by Crippen LogP contribution is 2.33. The highest BCUT2D eigenvalue weighted by molar-refractivity contribution is 5.85. The van der Waals surface area contributed by atoms with Crippen molar-refractivity contribution in [2.24, 2.45) is 0 Å². The van der Waals surface area contributed by atoms with E-state index in [2.05, 4.69) is 17.6 Å². The number of hydrogen-bond acceptors (Lipinski definition) is 3. The second-order valence-electron chi connectivity index (χ2n) is 5.38. The summed E-state index contributed by atoms with van der Waals surface area (Å²) in [6, 6.07) is 19.8. The lowest BCUT2D eigenvalue weighted by Gasteiger charge is -2.30. The van der Waals surface area contributed by atoms with Gasteiger partial charge in [0.25, 0.3) is 0 Å². The molecule has 0 bridgehead atoms. The molecule has 3 rings (SSSR count). The fourth-order valence-electron chi connectivity index (χ4n) is 2.84. The molecule has 1 aliphatic rings. The molecule has 0 spiro atoms. The smallest absolute Gasteiger partial charge is 0.164 e. The predicted octanol–water partition coefficient (Wildman–Crippen LogP) is 3.94. The summed E-state index contributed by atoms with van der Waals surface area (Å²) >= 11 is 0. The third-order valence-corrected chi connectivity index (χ3v) is 3.93. The minimum Gasteiger partial charge on any atom is -0.297 e. The Morgan fingerprint density at radius 3 is 2.33 bits per heavy atom. The summed E-state index contributed by atoms with van der Waals surface area (Å²) in [7, 11) is 0. The van der Waals surface area contributed by atoms with Crippen LogP contribution in [0, 0.1) is 0 Å². The quantitative estimate of drug-likeness (QED) is 0.863. The second kappa shape index (κ2) is 6.55. The number of Topliss-reactive ketones (excluding diaryl/α,β-unsaturated/α-hetero) is 1. The van der Waals surface area contributed by atoms with E-state index >= 15 is 0 Å². The Kier molecular flexibility index (Phi) is 4.31. The van der Waals surface area contributed by atoms with Gasteiger partial charge in [0.15, 0.2) is 11.9 Å². The summed E-state index contributed by atoms with van der Waals surface area (Å²) in [6.45, 7) is 0. The summed E-state index contributed by atoms with van der Waals surface area (Å²) < 4.78 is 0. The van der Waals surface area contributed by atoms with Crippen LogP contribution in [-0.4, -0.2) is 11.9 Å². The molecule has 1 aliphatic carbocycles. The molecular weight excluding hydrogens is 262 g/mol. The zero-order valence-electron chi connectivity index (χ0n) is 11.9. The molecule has 3 nitrogen and oxygen atoms in total. The maximum Gasteiger partial charge on any atom is 0.164 e. The van der Waals surface area contributed by atoms with Gasteiger partial charge in [-0.2, -0.15) is 0 Å². The predicted molar refractivity (Wildman–Crippen MR) is 83.0 cm³/mol. The van der Waals surface area contributed by atoms with Crippen molar-refractivity contribution in [3.63, 3.8) is 0 Å². The molecule has 21 heavy (non-hydrogen) atoms. The summed E-state index contributed by atoms with van der Waals surface area (Å²) in [6.07, 6.45) is 2.10. The van der Waals surface area contributed by atoms with Crippen LogP contribution in [0.5, 0.6) is 0 Å². The van der Waals surface area contributed by atoms with Crippen LogP contribution in [0.1, 0.15) is 30.7 Å². The number of para-hydroxylation sites is 1. The number of benzene rings is 2. The summed E-state index contributed by atoms with van der Waals surface area (Å²) in [5.74, 6) is 0.308. The van der Waals surface area contributed by atoms with Gasteiger partial charge in [-0.25, -0.2) is 0 Å². The van der Waals surface area contributed by atoms with Crippen LogP contribution in [0.25, 0.3) is 0 Å². The van der Waals surface area contributed by atoms with E-state index in [9.17, 15) is 4.79 Å². The van der Waals surface area contributed by atoms with E-state index < -0.39 is 6.10 Å². The van der Waals surface area contributed by atoms with Gasteiger partial charge in [-0.1, -0.05) is 48.5 Å². The van der Waals surface area contributed by atoms with Gasteiger partial charge < -0.3 is 0 Å². The van der Waals surface area contributed by atoms with Crippen molar-refractivity contribution in [3.05, 3.63) is 66.2 Å². The molecule has 0 saturated heterocycles. The Bertz CT molecular complexity index is 583. The minimum absolute atomic E-state index is 0.128. The number of hydrogen-bond donors (Lipinski definition) is 1. The van der Waals surface area contributed by atoms with Crippen molar-refractivity contribution in [1.82, 2.24) is 0 Å². The number of rotatable bonds is 4. The van der Waals surface area contributed by atoms with Crippen LogP contribution in [0.4, 0.5) is 5.69 Å². The lowest BCUT2D eigenvalue weighted by atomic mass is 9.81. The SMILES string of the molecule is O=C1CCC[C@H](c2ccccc2)[C@H]1ONc1ccccc1. The van der Waals surface area contributed by atoms with Crippen molar-refractivity contribution in [2.75, 3.05) is 5.48 Å². The minimum atomic E-state index is -0.415. The first kappa shape index (κ1) is 13.8. The number of ketones is 1. The van der Waals surface area contributed by atoms with Gasteiger partial charge in [-0.3, -0.25) is 15.1 Å². The molecule has 0 heterocycles. The Balaban J connectivity index is 1.74. The Morgan fingerprint density at radius 1 is 0.952 bits per heavy atom. The van der Waals surface area contributed by atoms with Crippen molar-refractivity contribution in [3.8, 4) is 0 Å². The molecule has 0 amide bonds. The average Bonchev–Trinajstić information content (AvgIpc) is 2.55. The fraction of sp³-hybridized carbons (Fsp3) is 0.278. The van der Waals surface area contributed by atoms with Crippen molar-refractivity contribution >= 4 is 11.5 Å². The molecule has 2 aromatic rings. The molecule has 2 aromatic carbocycles. The third-order valence-electron chi connectivity index (χ3n) is 3.93. The Hall–Kier alpha value is -2.13. The first-order valence-corrected chi connectivity index (χ1v) is 7.39. The number of anilines is 1. The van der Waals surface area contributed by atoms with Gasteiger partial charge >= 0.3 is 0 Å². The summed E-state index contributed by atoms with van der Waals surface area (Å²) in [5.41, 5.74) is 4.96. The fourth-order valence-corrected chi connectivity index (χ4v) is 2.84. The van der Waals surface area contributed by atoms with Gasteiger partial charge in [0.2, 0.25) is 0 Å². The molecular formula is C18H19NO2. The number of nitrogens with one attached hydrogen (secondary N) is 1. The topological polar surface area (TPSA) is 38.3 Å². The zero-order chi connectivity index (χ0) is 14.5. The van der Waals surface area contributed by atoms with E-state index in [0.717, 1.165) is 18.5 Å². The van der Waals surface area contributed by atoms with Crippen molar-refractivity contribution in [1.29, 1.82) is 0 Å². The van der Waals surface area contributed by atoms with E-state index in [1.165, 1.54) is 5.56 Å². The van der Waals surface area contributed by atoms with Crippen LogP contribution in [-0.2, 0) is 9.63 Å². The lowest BCUT2D eigenvalue weighted by Crippen LogP contribution is -2.36. The standard InChI is InChI=1S/C18H19NO2/c20-17-13-7-12-16(14-8-3-1-4-9-14)18(17)21-19-15-10-5-2-6-11-15/h1-6,8-11,16,18-19H,7,12-13H2/t16-,18-/m1/s1. The van der Waals surface area contributed by atoms with Crippen LogP contribution in [0.3, 0.4) is 0 Å². The maximum atomic E-state index is 12.2. The lowest BCUT2D eigenvalue weighted by molar-refractivity contribution is -0.132. The number of carbonyl (C=O) groups is 1. The van der Waals surface area contributed by atoms with Crippen molar-refractivity contribution < 1.29 is 9.63 Å². The molecule has 2 atom stereocenters. The second-order valence-corrected chi connectivity index (χ2v) is 5.38. The van der Waals surface area contributed by atoms with E-state index in [1.54, 1.807) is 0 Å². The van der Waals surface area contributed by atoms with Gasteiger partial charge in [-0.05, 0) is 30.5 Å². The van der Waals surface area contributed by atoms with Crippen LogP contribution in [0.15, 0.2) is 60.7 Å². The molecule has 0 unspecified atom stereocenters. The highest BCUT2D eigenvalue weighted by atomic mass is 16.7. The van der Waals surface area contributed by atoms with E-state index in [-0.39, 0.29) is 11.7 Å². The van der Waals surface area contributed by atoms with Gasteiger partial charge in [0, 0.05) is 12.3 Å². The molecule has 0 aromatic heterocycles. The van der Waals surface area contributed by atoms with E-state index in [0.29, 0.717) is 6.42 Å². The van der Waals surface area contributed by atoms with Crippen molar-refractivity contribution in [2.45, 2.75) is 31.3 Å². The normalized spacial score (nSPS) is 22.0. The number of carbonyl (C=O) groups excluding carboxylic acids is 1. The zero-order valence-corrected chi connectivity index (χ0v) is 11.9. The molecule has 108 valence electrons. The third kappa shape index (κ3) is 3.31. The van der Waals surface area contributed by atoms with Crippen LogP contribution in [0.2, 0.25) is 0 Å². The molecule has 0 radical (unpaired) electrons. The molecule has 1 N–H and O–H groups in total. The monoisotopic (exact) mass is 281 g/mol. The largest absolute Gasteiger partial charge is 0.297 e. The van der Waals surface area contributed by atoms with Crippen LogP contribution >= 0.6 is 0 Å². The molecule has 0 aliphatic heterocycles. The van der Waals surface area contributed by atoms with Gasteiger partial charge in [0.05, 0.1) is 5.69 Å². The Morgan fingerprint density at radius 2 is 1.62 bits per heavy atom. The van der Waals surface area contributed by atoms with E-state index in [4.69, 9.17) is 4.84 Å². The Labute approximate surface area is 124 Å². The first-order chi connectivity index (χ1) is 10.3. The summed E-state index contributed by atoms with van der Waals surface area (Å²) in [5, 5.41) is 0. The molecule has 1 fully saturated rings. The first-order valence-electron chi connectivity index (χ1n) is 7.39. The molecule has 3 heteroatoms.